The lowest BCUT2D eigenvalue weighted by atomic mass is 9.96. The highest BCUT2D eigenvalue weighted by Gasteiger charge is 2.28. The SMILES string of the molecule is CCOC(=O)C1CCN(C(=O)c2ccc3c(c2)ncn3-c2ccc(C)cc2C)CC1. The number of piperidine rings is 1. The Kier molecular flexibility index (Phi) is 5.57. The van der Waals surface area contributed by atoms with Gasteiger partial charge in [-0.15, -0.1) is 0 Å². The molecular weight excluding hydrogens is 378 g/mol. The Morgan fingerprint density at radius 1 is 1.10 bits per heavy atom. The zero-order valence-corrected chi connectivity index (χ0v) is 17.7. The van der Waals surface area contributed by atoms with Gasteiger partial charge in [0.25, 0.3) is 5.91 Å². The number of likely N-dealkylation sites (tertiary alicyclic amines) is 1. The Balaban J connectivity index is 1.52. The molecule has 0 unspecified atom stereocenters. The molecule has 2 heterocycles. The summed E-state index contributed by atoms with van der Waals surface area (Å²) >= 11 is 0. The van der Waals surface area contributed by atoms with Crippen LogP contribution in [0.25, 0.3) is 16.7 Å². The largest absolute Gasteiger partial charge is 0.466 e. The summed E-state index contributed by atoms with van der Waals surface area (Å²) < 4.78 is 7.17. The number of esters is 1. The van der Waals surface area contributed by atoms with Crippen molar-refractivity contribution in [3.8, 4) is 5.69 Å². The van der Waals surface area contributed by atoms with E-state index in [0.29, 0.717) is 38.1 Å². The van der Waals surface area contributed by atoms with Crippen LogP contribution < -0.4 is 0 Å². The maximum Gasteiger partial charge on any atom is 0.309 e. The van der Waals surface area contributed by atoms with Crippen LogP contribution in [-0.4, -0.2) is 46.0 Å². The van der Waals surface area contributed by atoms with Gasteiger partial charge in [0.1, 0.15) is 6.33 Å². The fraction of sp³-hybridized carbons (Fsp3) is 0.375. The van der Waals surface area contributed by atoms with E-state index in [1.54, 1.807) is 6.33 Å². The van der Waals surface area contributed by atoms with Gasteiger partial charge in [0.15, 0.2) is 0 Å². The van der Waals surface area contributed by atoms with Crippen molar-refractivity contribution in [2.45, 2.75) is 33.6 Å². The monoisotopic (exact) mass is 405 g/mol. The van der Waals surface area contributed by atoms with Gasteiger partial charge in [-0.1, -0.05) is 17.7 Å². The summed E-state index contributed by atoms with van der Waals surface area (Å²) in [4.78, 5) is 31.3. The van der Waals surface area contributed by atoms with Crippen molar-refractivity contribution >= 4 is 22.9 Å². The van der Waals surface area contributed by atoms with E-state index in [1.165, 1.54) is 11.1 Å². The van der Waals surface area contributed by atoms with Crippen molar-refractivity contribution in [3.63, 3.8) is 0 Å². The van der Waals surface area contributed by atoms with E-state index < -0.39 is 0 Å². The van der Waals surface area contributed by atoms with Gasteiger partial charge in [-0.05, 0) is 63.4 Å². The molecule has 0 radical (unpaired) electrons. The topological polar surface area (TPSA) is 64.4 Å². The Bertz CT molecular complexity index is 1090. The van der Waals surface area contributed by atoms with Crippen molar-refractivity contribution in [1.29, 1.82) is 0 Å². The summed E-state index contributed by atoms with van der Waals surface area (Å²) in [6.45, 7) is 7.51. The lowest BCUT2D eigenvalue weighted by Gasteiger charge is -2.31. The molecule has 1 aliphatic rings. The van der Waals surface area contributed by atoms with Crippen molar-refractivity contribution in [2.75, 3.05) is 19.7 Å². The number of hydrogen-bond acceptors (Lipinski definition) is 4. The first-order valence-electron chi connectivity index (χ1n) is 10.5. The number of ether oxygens (including phenoxy) is 1. The highest BCUT2D eigenvalue weighted by molar-refractivity contribution is 5.97. The summed E-state index contributed by atoms with van der Waals surface area (Å²) in [5.41, 5.74) is 5.88. The van der Waals surface area contributed by atoms with Gasteiger partial charge in [-0.3, -0.25) is 14.2 Å². The molecule has 0 bridgehead atoms. The molecule has 1 aliphatic heterocycles. The third-order valence-electron chi connectivity index (χ3n) is 5.81. The smallest absolute Gasteiger partial charge is 0.309 e. The van der Waals surface area contributed by atoms with Crippen LogP contribution in [0.4, 0.5) is 0 Å². The number of aromatic nitrogens is 2. The summed E-state index contributed by atoms with van der Waals surface area (Å²) in [5.74, 6) is -0.270. The quantitative estimate of drug-likeness (QED) is 0.614. The normalized spacial score (nSPS) is 14.8. The lowest BCUT2D eigenvalue weighted by Crippen LogP contribution is -2.40. The van der Waals surface area contributed by atoms with E-state index >= 15 is 0 Å². The number of aryl methyl sites for hydroxylation is 2. The number of hydrogen-bond donors (Lipinski definition) is 0. The predicted molar refractivity (Wildman–Crippen MR) is 116 cm³/mol. The van der Waals surface area contributed by atoms with Gasteiger partial charge in [0.05, 0.1) is 29.2 Å². The summed E-state index contributed by atoms with van der Waals surface area (Å²) in [6, 6.07) is 12.0. The summed E-state index contributed by atoms with van der Waals surface area (Å²) in [5, 5.41) is 0. The zero-order chi connectivity index (χ0) is 21.3. The Labute approximate surface area is 176 Å². The maximum atomic E-state index is 13.0. The second kappa shape index (κ2) is 8.30. The first kappa shape index (κ1) is 20.1. The fourth-order valence-corrected chi connectivity index (χ4v) is 4.17. The van der Waals surface area contributed by atoms with Crippen LogP contribution in [0, 0.1) is 19.8 Å². The van der Waals surface area contributed by atoms with E-state index in [1.807, 2.05) is 30.0 Å². The van der Waals surface area contributed by atoms with E-state index in [2.05, 4.69) is 41.6 Å². The second-order valence-electron chi connectivity index (χ2n) is 7.93. The number of carbonyl (C=O) groups excluding carboxylic acids is 2. The van der Waals surface area contributed by atoms with Crippen LogP contribution in [0.2, 0.25) is 0 Å². The van der Waals surface area contributed by atoms with Crippen molar-refractivity contribution in [3.05, 3.63) is 59.4 Å². The van der Waals surface area contributed by atoms with Gasteiger partial charge in [0.2, 0.25) is 0 Å². The minimum atomic E-state index is -0.150. The van der Waals surface area contributed by atoms with Crippen molar-refractivity contribution in [2.24, 2.45) is 5.92 Å². The third kappa shape index (κ3) is 3.82. The number of nitrogens with zero attached hydrogens (tertiary/aromatic N) is 3. The first-order chi connectivity index (χ1) is 14.5. The molecular formula is C24H27N3O3. The van der Waals surface area contributed by atoms with Gasteiger partial charge < -0.3 is 9.64 Å². The lowest BCUT2D eigenvalue weighted by molar-refractivity contribution is -0.149. The number of imidazole rings is 1. The summed E-state index contributed by atoms with van der Waals surface area (Å²) in [6.07, 6.45) is 3.10. The molecule has 30 heavy (non-hydrogen) atoms. The predicted octanol–water partition coefficient (Wildman–Crippen LogP) is 4.06. The number of amides is 1. The highest BCUT2D eigenvalue weighted by Crippen LogP contribution is 2.25. The van der Waals surface area contributed by atoms with Crippen LogP contribution in [0.1, 0.15) is 41.3 Å². The zero-order valence-electron chi connectivity index (χ0n) is 17.7. The average Bonchev–Trinajstić information content (AvgIpc) is 3.16. The molecule has 6 nitrogen and oxygen atoms in total. The van der Waals surface area contributed by atoms with Crippen LogP contribution in [0.5, 0.6) is 0 Å². The van der Waals surface area contributed by atoms with Gasteiger partial charge in [-0.25, -0.2) is 4.98 Å². The van der Waals surface area contributed by atoms with E-state index in [0.717, 1.165) is 16.7 Å². The third-order valence-corrected chi connectivity index (χ3v) is 5.81. The molecule has 0 N–H and O–H groups in total. The Morgan fingerprint density at radius 3 is 2.57 bits per heavy atom. The molecule has 1 amide bonds. The molecule has 0 aliphatic carbocycles. The van der Waals surface area contributed by atoms with Crippen molar-refractivity contribution < 1.29 is 14.3 Å². The first-order valence-corrected chi connectivity index (χ1v) is 10.5. The van der Waals surface area contributed by atoms with Gasteiger partial charge in [-0.2, -0.15) is 0 Å². The average molecular weight is 405 g/mol. The molecule has 2 aromatic carbocycles. The molecule has 0 saturated carbocycles. The highest BCUT2D eigenvalue weighted by atomic mass is 16.5. The number of benzene rings is 2. The molecule has 1 saturated heterocycles. The minimum Gasteiger partial charge on any atom is -0.466 e. The molecule has 0 spiro atoms. The molecule has 1 fully saturated rings. The van der Waals surface area contributed by atoms with Gasteiger partial charge >= 0.3 is 5.97 Å². The molecule has 156 valence electrons. The van der Waals surface area contributed by atoms with E-state index in [9.17, 15) is 9.59 Å². The van der Waals surface area contributed by atoms with Crippen LogP contribution in [-0.2, 0) is 9.53 Å². The molecule has 1 aromatic heterocycles. The standard InChI is InChI=1S/C24H27N3O3/c1-4-30-24(29)18-9-11-26(12-10-18)23(28)19-6-8-22-20(14-19)25-15-27(22)21-7-5-16(2)13-17(21)3/h5-8,13-15,18H,4,9-12H2,1-3H3. The van der Waals surface area contributed by atoms with E-state index in [-0.39, 0.29) is 17.8 Å². The van der Waals surface area contributed by atoms with Crippen LogP contribution >= 0.6 is 0 Å². The molecule has 3 aromatic rings. The number of rotatable bonds is 4. The van der Waals surface area contributed by atoms with Crippen LogP contribution in [0.3, 0.4) is 0 Å². The van der Waals surface area contributed by atoms with Crippen LogP contribution in [0.15, 0.2) is 42.7 Å². The minimum absolute atomic E-state index is 0.0136. The fourth-order valence-electron chi connectivity index (χ4n) is 4.17. The van der Waals surface area contributed by atoms with Crippen molar-refractivity contribution in [1.82, 2.24) is 14.5 Å². The molecule has 6 heteroatoms. The Hall–Kier alpha value is -3.15. The Morgan fingerprint density at radius 2 is 1.87 bits per heavy atom. The van der Waals surface area contributed by atoms with E-state index in [4.69, 9.17) is 4.74 Å². The molecule has 0 atom stereocenters. The van der Waals surface area contributed by atoms with Gasteiger partial charge in [0, 0.05) is 18.7 Å². The second-order valence-corrected chi connectivity index (χ2v) is 7.93. The summed E-state index contributed by atoms with van der Waals surface area (Å²) in [7, 11) is 0. The number of fused-ring (bicyclic) bond motifs is 1. The maximum absolute atomic E-state index is 13.0. The number of carbonyl (C=O) groups is 2. The molecule has 4 rings (SSSR count).